The first-order chi connectivity index (χ1) is 7.63. The Morgan fingerprint density at radius 2 is 1.75 bits per heavy atom. The fraction of sp³-hybridized carbons (Fsp3) is 0.167. The van der Waals surface area contributed by atoms with Crippen molar-refractivity contribution in [3.8, 4) is 0 Å². The highest BCUT2D eigenvalue weighted by Crippen LogP contribution is 2.15. The Balaban J connectivity index is 2.23. The number of hydrogen-bond acceptors (Lipinski definition) is 3. The molecule has 0 aliphatic rings. The van der Waals surface area contributed by atoms with Crippen molar-refractivity contribution in [3.63, 3.8) is 0 Å². The molecule has 0 unspecified atom stereocenters. The topological polar surface area (TPSA) is 37.8 Å². The van der Waals surface area contributed by atoms with Gasteiger partial charge in [-0.15, -0.1) is 0 Å². The molecular formula is C12H12FN3. The second kappa shape index (κ2) is 4.26. The van der Waals surface area contributed by atoms with E-state index in [9.17, 15) is 4.39 Å². The van der Waals surface area contributed by atoms with Crippen molar-refractivity contribution in [2.75, 3.05) is 5.32 Å². The molecule has 2 rings (SSSR count). The molecule has 16 heavy (non-hydrogen) atoms. The minimum absolute atomic E-state index is 0.249. The summed E-state index contributed by atoms with van der Waals surface area (Å²) in [6.45, 7) is 3.74. The van der Waals surface area contributed by atoms with E-state index < -0.39 is 0 Å². The quantitative estimate of drug-likeness (QED) is 0.840. The van der Waals surface area contributed by atoms with E-state index in [1.54, 1.807) is 12.1 Å². The summed E-state index contributed by atoms with van der Waals surface area (Å²) in [7, 11) is 0. The van der Waals surface area contributed by atoms with E-state index in [0.29, 0.717) is 5.82 Å². The summed E-state index contributed by atoms with van der Waals surface area (Å²) < 4.78 is 12.7. The van der Waals surface area contributed by atoms with E-state index in [0.717, 1.165) is 17.2 Å². The van der Waals surface area contributed by atoms with Crippen LogP contribution in [0, 0.1) is 19.7 Å². The number of rotatable bonds is 2. The van der Waals surface area contributed by atoms with Crippen LogP contribution < -0.4 is 5.32 Å². The summed E-state index contributed by atoms with van der Waals surface area (Å²) in [6.07, 6.45) is 0. The molecule has 0 radical (unpaired) electrons. The Labute approximate surface area is 93.4 Å². The first-order valence-corrected chi connectivity index (χ1v) is 4.98. The van der Waals surface area contributed by atoms with E-state index >= 15 is 0 Å². The van der Waals surface area contributed by atoms with Crippen LogP contribution >= 0.6 is 0 Å². The Hall–Kier alpha value is -1.97. The maximum absolute atomic E-state index is 12.7. The molecule has 0 amide bonds. The first kappa shape index (κ1) is 10.5. The predicted molar refractivity (Wildman–Crippen MR) is 61.2 cm³/mol. The molecular weight excluding hydrogens is 205 g/mol. The van der Waals surface area contributed by atoms with E-state index in [4.69, 9.17) is 0 Å². The number of anilines is 2. The lowest BCUT2D eigenvalue weighted by Crippen LogP contribution is -1.98. The van der Waals surface area contributed by atoms with Crippen LogP contribution in [0.15, 0.2) is 30.3 Å². The maximum atomic E-state index is 12.7. The minimum Gasteiger partial charge on any atom is -0.340 e. The molecule has 0 saturated carbocycles. The molecule has 1 aromatic heterocycles. The fourth-order valence-corrected chi connectivity index (χ4v) is 1.46. The second-order valence-electron chi connectivity index (χ2n) is 3.57. The van der Waals surface area contributed by atoms with Crippen molar-refractivity contribution >= 4 is 11.5 Å². The predicted octanol–water partition coefficient (Wildman–Crippen LogP) is 2.98. The second-order valence-corrected chi connectivity index (χ2v) is 3.57. The van der Waals surface area contributed by atoms with Gasteiger partial charge in [0.2, 0.25) is 0 Å². The molecule has 3 nitrogen and oxygen atoms in total. The standard InChI is InChI=1S/C12H12FN3/c1-8-7-12(15-9(2)14-8)16-11-5-3-10(13)4-6-11/h3-7H,1-2H3,(H,14,15,16). The van der Waals surface area contributed by atoms with Crippen LogP contribution in [0.5, 0.6) is 0 Å². The van der Waals surface area contributed by atoms with Crippen molar-refractivity contribution in [2.24, 2.45) is 0 Å². The van der Waals surface area contributed by atoms with Crippen molar-refractivity contribution in [1.29, 1.82) is 0 Å². The van der Waals surface area contributed by atoms with Gasteiger partial charge < -0.3 is 5.32 Å². The zero-order valence-corrected chi connectivity index (χ0v) is 9.16. The molecule has 1 heterocycles. The lowest BCUT2D eigenvalue weighted by molar-refractivity contribution is 0.628. The number of aromatic nitrogens is 2. The summed E-state index contributed by atoms with van der Waals surface area (Å²) in [6, 6.07) is 7.99. The fourth-order valence-electron chi connectivity index (χ4n) is 1.46. The van der Waals surface area contributed by atoms with Crippen LogP contribution in [0.2, 0.25) is 0 Å². The van der Waals surface area contributed by atoms with E-state index in [1.165, 1.54) is 12.1 Å². The molecule has 0 fully saturated rings. The van der Waals surface area contributed by atoms with Gasteiger partial charge in [0.05, 0.1) is 0 Å². The van der Waals surface area contributed by atoms with Crippen molar-refractivity contribution < 1.29 is 4.39 Å². The lowest BCUT2D eigenvalue weighted by atomic mass is 10.3. The average Bonchev–Trinajstić information content (AvgIpc) is 2.20. The monoisotopic (exact) mass is 217 g/mol. The van der Waals surface area contributed by atoms with Crippen LogP contribution in [-0.4, -0.2) is 9.97 Å². The Bertz CT molecular complexity index is 474. The Morgan fingerprint density at radius 3 is 2.38 bits per heavy atom. The third-order valence-electron chi connectivity index (χ3n) is 2.08. The third kappa shape index (κ3) is 2.53. The molecule has 4 heteroatoms. The molecule has 1 aromatic carbocycles. The molecule has 0 aliphatic carbocycles. The highest BCUT2D eigenvalue weighted by atomic mass is 19.1. The van der Waals surface area contributed by atoms with Crippen LogP contribution in [0.25, 0.3) is 0 Å². The molecule has 0 aliphatic heterocycles. The number of nitrogens with zero attached hydrogens (tertiary/aromatic N) is 2. The van der Waals surface area contributed by atoms with Gasteiger partial charge in [0, 0.05) is 17.4 Å². The van der Waals surface area contributed by atoms with Gasteiger partial charge in [-0.05, 0) is 38.1 Å². The van der Waals surface area contributed by atoms with Gasteiger partial charge in [0.1, 0.15) is 17.5 Å². The van der Waals surface area contributed by atoms with Crippen LogP contribution in [0.4, 0.5) is 15.9 Å². The van der Waals surface area contributed by atoms with Crippen LogP contribution in [0.3, 0.4) is 0 Å². The molecule has 0 saturated heterocycles. The van der Waals surface area contributed by atoms with E-state index in [2.05, 4.69) is 15.3 Å². The zero-order chi connectivity index (χ0) is 11.5. The summed E-state index contributed by atoms with van der Waals surface area (Å²) in [5.41, 5.74) is 1.70. The number of halogens is 1. The molecule has 1 N–H and O–H groups in total. The minimum atomic E-state index is -0.249. The molecule has 82 valence electrons. The van der Waals surface area contributed by atoms with Gasteiger partial charge in [-0.1, -0.05) is 0 Å². The average molecular weight is 217 g/mol. The highest BCUT2D eigenvalue weighted by molar-refractivity contribution is 5.55. The Morgan fingerprint density at radius 1 is 1.06 bits per heavy atom. The number of nitrogens with one attached hydrogen (secondary N) is 1. The lowest BCUT2D eigenvalue weighted by Gasteiger charge is -2.06. The molecule has 2 aromatic rings. The normalized spacial score (nSPS) is 10.2. The summed E-state index contributed by atoms with van der Waals surface area (Å²) in [4.78, 5) is 8.41. The highest BCUT2D eigenvalue weighted by Gasteiger charge is 1.99. The Kier molecular flexibility index (Phi) is 2.81. The molecule has 0 spiro atoms. The molecule has 0 atom stereocenters. The maximum Gasteiger partial charge on any atom is 0.134 e. The number of hydrogen-bond donors (Lipinski definition) is 1. The van der Waals surface area contributed by atoms with E-state index in [-0.39, 0.29) is 5.82 Å². The third-order valence-corrected chi connectivity index (χ3v) is 2.08. The van der Waals surface area contributed by atoms with Crippen molar-refractivity contribution in [3.05, 3.63) is 47.7 Å². The van der Waals surface area contributed by atoms with Gasteiger partial charge in [-0.25, -0.2) is 14.4 Å². The van der Waals surface area contributed by atoms with Gasteiger partial charge in [-0.2, -0.15) is 0 Å². The number of benzene rings is 1. The van der Waals surface area contributed by atoms with E-state index in [1.807, 2.05) is 19.9 Å². The van der Waals surface area contributed by atoms with Crippen molar-refractivity contribution in [2.45, 2.75) is 13.8 Å². The van der Waals surface area contributed by atoms with Crippen LogP contribution in [-0.2, 0) is 0 Å². The summed E-state index contributed by atoms with van der Waals surface area (Å²) in [5.74, 6) is 1.18. The van der Waals surface area contributed by atoms with Gasteiger partial charge in [-0.3, -0.25) is 0 Å². The summed E-state index contributed by atoms with van der Waals surface area (Å²) in [5, 5.41) is 3.10. The van der Waals surface area contributed by atoms with Crippen LogP contribution in [0.1, 0.15) is 11.5 Å². The van der Waals surface area contributed by atoms with Gasteiger partial charge >= 0.3 is 0 Å². The SMILES string of the molecule is Cc1cc(Nc2ccc(F)cc2)nc(C)n1. The zero-order valence-electron chi connectivity index (χ0n) is 9.16. The smallest absolute Gasteiger partial charge is 0.134 e. The molecule has 0 bridgehead atoms. The largest absolute Gasteiger partial charge is 0.340 e. The van der Waals surface area contributed by atoms with Gasteiger partial charge in [0.15, 0.2) is 0 Å². The van der Waals surface area contributed by atoms with Gasteiger partial charge in [0.25, 0.3) is 0 Å². The first-order valence-electron chi connectivity index (χ1n) is 4.98. The number of aryl methyl sites for hydroxylation is 2. The summed E-state index contributed by atoms with van der Waals surface area (Å²) >= 11 is 0. The van der Waals surface area contributed by atoms with Crippen molar-refractivity contribution in [1.82, 2.24) is 9.97 Å².